The van der Waals surface area contributed by atoms with E-state index in [1.165, 1.54) is 6.08 Å². The van der Waals surface area contributed by atoms with Crippen molar-refractivity contribution in [3.8, 4) is 17.2 Å². The number of carbonyl (C=O) groups excluding carboxylic acids is 1. The highest BCUT2D eigenvalue weighted by molar-refractivity contribution is 5.89. The molecule has 0 fully saturated rings. The molecule has 0 aromatic heterocycles. The highest BCUT2D eigenvalue weighted by Crippen LogP contribution is 2.28. The molecule has 152 valence electrons. The molecule has 0 saturated carbocycles. The van der Waals surface area contributed by atoms with E-state index in [0.717, 1.165) is 16.7 Å². The molecule has 3 rings (SSSR count). The number of rotatable bonds is 8. The van der Waals surface area contributed by atoms with Gasteiger partial charge in [0.25, 0.3) is 0 Å². The van der Waals surface area contributed by atoms with E-state index in [1.54, 1.807) is 50.8 Å². The topological polar surface area (TPSA) is 57.1 Å². The molecule has 5 heteroatoms. The summed E-state index contributed by atoms with van der Waals surface area (Å²) in [7, 11) is 3.14. The van der Waals surface area contributed by atoms with Gasteiger partial charge in [-0.2, -0.15) is 0 Å². The van der Waals surface area contributed by atoms with Crippen molar-refractivity contribution in [2.24, 2.45) is 4.99 Å². The van der Waals surface area contributed by atoms with Crippen LogP contribution in [0.25, 0.3) is 6.08 Å². The number of esters is 1. The Balaban J connectivity index is 1.54. The monoisotopic (exact) mass is 401 g/mol. The minimum Gasteiger partial charge on any atom is -0.493 e. The summed E-state index contributed by atoms with van der Waals surface area (Å²) in [5, 5.41) is 0. The summed E-state index contributed by atoms with van der Waals surface area (Å²) in [5.41, 5.74) is 2.89. The van der Waals surface area contributed by atoms with Crippen LogP contribution in [-0.4, -0.2) is 26.4 Å². The molecule has 0 spiro atoms. The summed E-state index contributed by atoms with van der Waals surface area (Å²) >= 11 is 0. The molecule has 3 aromatic carbocycles. The van der Waals surface area contributed by atoms with Crippen LogP contribution >= 0.6 is 0 Å². The van der Waals surface area contributed by atoms with Crippen molar-refractivity contribution in [3.63, 3.8) is 0 Å². The zero-order chi connectivity index (χ0) is 21.2. The van der Waals surface area contributed by atoms with Crippen LogP contribution in [0.1, 0.15) is 16.7 Å². The molecule has 5 nitrogen and oxygen atoms in total. The Morgan fingerprint density at radius 1 is 0.867 bits per heavy atom. The molecule has 0 unspecified atom stereocenters. The van der Waals surface area contributed by atoms with Gasteiger partial charge in [0.2, 0.25) is 0 Å². The second kappa shape index (κ2) is 10.6. The van der Waals surface area contributed by atoms with Crippen LogP contribution in [0.2, 0.25) is 0 Å². The van der Waals surface area contributed by atoms with Crippen molar-refractivity contribution in [2.75, 3.05) is 14.2 Å². The SMILES string of the molecule is COc1ccc(/C=C/C(=O)Oc2ccc(C=NCc3ccccc3)cc2)cc1OC. The highest BCUT2D eigenvalue weighted by atomic mass is 16.5. The lowest BCUT2D eigenvalue weighted by molar-refractivity contribution is -0.128. The lowest BCUT2D eigenvalue weighted by Crippen LogP contribution is -2.03. The molecule has 0 radical (unpaired) electrons. The molecule has 3 aromatic rings. The summed E-state index contributed by atoms with van der Waals surface area (Å²) in [6, 6.07) is 22.6. The van der Waals surface area contributed by atoms with Crippen molar-refractivity contribution < 1.29 is 19.0 Å². The Hall–Kier alpha value is -3.86. The molecule has 0 atom stereocenters. The van der Waals surface area contributed by atoms with Gasteiger partial charge in [-0.15, -0.1) is 0 Å². The summed E-state index contributed by atoms with van der Waals surface area (Å²) in [5.74, 6) is 1.23. The minimum absolute atomic E-state index is 0.463. The molecular weight excluding hydrogens is 378 g/mol. The molecule has 0 heterocycles. The first-order valence-electron chi connectivity index (χ1n) is 9.43. The van der Waals surface area contributed by atoms with Crippen LogP contribution in [-0.2, 0) is 11.3 Å². The lowest BCUT2D eigenvalue weighted by atomic mass is 10.2. The number of hydrogen-bond acceptors (Lipinski definition) is 5. The van der Waals surface area contributed by atoms with Gasteiger partial charge in [0.1, 0.15) is 5.75 Å². The maximum absolute atomic E-state index is 12.1. The van der Waals surface area contributed by atoms with Gasteiger partial charge in [0.15, 0.2) is 11.5 Å². The Morgan fingerprint density at radius 3 is 2.27 bits per heavy atom. The van der Waals surface area contributed by atoms with Crippen molar-refractivity contribution in [3.05, 3.63) is 95.6 Å². The fraction of sp³-hybridized carbons (Fsp3) is 0.120. The predicted octanol–water partition coefficient (Wildman–Crippen LogP) is 4.94. The van der Waals surface area contributed by atoms with E-state index in [-0.39, 0.29) is 0 Å². The molecule has 0 amide bonds. The predicted molar refractivity (Wildman–Crippen MR) is 118 cm³/mol. The molecule has 30 heavy (non-hydrogen) atoms. The van der Waals surface area contributed by atoms with Crippen LogP contribution in [0, 0.1) is 0 Å². The van der Waals surface area contributed by atoms with Gasteiger partial charge in [0.05, 0.1) is 20.8 Å². The first kappa shape index (κ1) is 20.9. The lowest BCUT2D eigenvalue weighted by Gasteiger charge is -2.07. The van der Waals surface area contributed by atoms with Gasteiger partial charge < -0.3 is 14.2 Å². The number of methoxy groups -OCH3 is 2. The van der Waals surface area contributed by atoms with Crippen molar-refractivity contribution in [1.29, 1.82) is 0 Å². The summed E-state index contributed by atoms with van der Waals surface area (Å²) in [6.45, 7) is 0.624. The normalized spacial score (nSPS) is 11.0. The standard InChI is InChI=1S/C25H23NO4/c1-28-23-14-10-19(16-24(23)29-2)11-15-25(27)30-22-12-8-21(9-13-22)18-26-17-20-6-4-3-5-7-20/h3-16,18H,17H2,1-2H3/b15-11+,26-18?. The Labute approximate surface area is 176 Å². The third-order valence-electron chi connectivity index (χ3n) is 4.28. The Morgan fingerprint density at radius 2 is 1.57 bits per heavy atom. The van der Waals surface area contributed by atoms with Gasteiger partial charge in [-0.1, -0.05) is 36.4 Å². The maximum Gasteiger partial charge on any atom is 0.336 e. The Bertz CT molecular complexity index is 1020. The van der Waals surface area contributed by atoms with E-state index in [0.29, 0.717) is 23.8 Å². The number of aliphatic imine (C=N–C) groups is 1. The van der Waals surface area contributed by atoms with Crippen LogP contribution < -0.4 is 14.2 Å². The largest absolute Gasteiger partial charge is 0.493 e. The summed E-state index contributed by atoms with van der Waals surface area (Å²) in [6.07, 6.45) is 4.83. The van der Waals surface area contributed by atoms with E-state index in [4.69, 9.17) is 14.2 Å². The maximum atomic E-state index is 12.1. The third kappa shape index (κ3) is 6.07. The Kier molecular flexibility index (Phi) is 7.39. The van der Waals surface area contributed by atoms with Crippen molar-refractivity contribution >= 4 is 18.3 Å². The van der Waals surface area contributed by atoms with E-state index < -0.39 is 5.97 Å². The second-order valence-corrected chi connectivity index (χ2v) is 6.39. The average molecular weight is 401 g/mol. The molecule has 0 aliphatic rings. The molecule has 0 N–H and O–H groups in total. The number of hydrogen-bond donors (Lipinski definition) is 0. The number of nitrogens with zero attached hydrogens (tertiary/aromatic N) is 1. The van der Waals surface area contributed by atoms with Crippen LogP contribution in [0.4, 0.5) is 0 Å². The van der Waals surface area contributed by atoms with Gasteiger partial charge in [-0.25, -0.2) is 4.79 Å². The van der Waals surface area contributed by atoms with Gasteiger partial charge in [-0.3, -0.25) is 4.99 Å². The van der Waals surface area contributed by atoms with Crippen LogP contribution in [0.3, 0.4) is 0 Å². The van der Waals surface area contributed by atoms with E-state index >= 15 is 0 Å². The van der Waals surface area contributed by atoms with E-state index in [2.05, 4.69) is 4.99 Å². The van der Waals surface area contributed by atoms with Gasteiger partial charge in [-0.05, 0) is 59.2 Å². The number of carbonyl (C=O) groups is 1. The summed E-state index contributed by atoms with van der Waals surface area (Å²) < 4.78 is 15.8. The summed E-state index contributed by atoms with van der Waals surface area (Å²) in [4.78, 5) is 16.5. The minimum atomic E-state index is -0.463. The van der Waals surface area contributed by atoms with Crippen molar-refractivity contribution in [2.45, 2.75) is 6.54 Å². The molecule has 0 bridgehead atoms. The highest BCUT2D eigenvalue weighted by Gasteiger charge is 2.04. The molecule has 0 saturated heterocycles. The smallest absolute Gasteiger partial charge is 0.336 e. The second-order valence-electron chi connectivity index (χ2n) is 6.39. The first-order chi connectivity index (χ1) is 14.7. The van der Waals surface area contributed by atoms with E-state index in [9.17, 15) is 4.79 Å². The van der Waals surface area contributed by atoms with Crippen LogP contribution in [0.15, 0.2) is 83.9 Å². The van der Waals surface area contributed by atoms with Crippen LogP contribution in [0.5, 0.6) is 17.2 Å². The van der Waals surface area contributed by atoms with E-state index in [1.807, 2.05) is 48.5 Å². The molecule has 0 aliphatic carbocycles. The average Bonchev–Trinajstić information content (AvgIpc) is 2.79. The third-order valence-corrected chi connectivity index (χ3v) is 4.28. The van der Waals surface area contributed by atoms with Gasteiger partial charge >= 0.3 is 5.97 Å². The number of benzene rings is 3. The fourth-order valence-corrected chi connectivity index (χ4v) is 2.73. The quantitative estimate of drug-likeness (QED) is 0.232. The molecule has 0 aliphatic heterocycles. The first-order valence-corrected chi connectivity index (χ1v) is 9.43. The fourth-order valence-electron chi connectivity index (χ4n) is 2.73. The zero-order valence-corrected chi connectivity index (χ0v) is 16.9. The van der Waals surface area contributed by atoms with Gasteiger partial charge in [0, 0.05) is 12.3 Å². The van der Waals surface area contributed by atoms with Crippen molar-refractivity contribution in [1.82, 2.24) is 0 Å². The number of ether oxygens (including phenoxy) is 3. The zero-order valence-electron chi connectivity index (χ0n) is 16.9. The molecular formula is C25H23NO4.